The van der Waals surface area contributed by atoms with E-state index in [1.54, 1.807) is 6.26 Å². The number of hydrogen-bond donors (Lipinski definition) is 1. The molecule has 1 aromatic carbocycles. The quantitative estimate of drug-likeness (QED) is 0.943. The lowest BCUT2D eigenvalue weighted by molar-refractivity contribution is 0.163. The third-order valence-electron chi connectivity index (χ3n) is 3.72. The number of benzene rings is 1. The Morgan fingerprint density at radius 3 is 3.00 bits per heavy atom. The number of halogens is 2. The summed E-state index contributed by atoms with van der Waals surface area (Å²) in [5.41, 5.74) is 1.23. The van der Waals surface area contributed by atoms with Gasteiger partial charge >= 0.3 is 0 Å². The maximum atomic E-state index is 13.2. The molecule has 2 heterocycles. The summed E-state index contributed by atoms with van der Waals surface area (Å²) in [5.74, 6) is -1.46. The molecule has 3 rings (SSSR count). The maximum absolute atomic E-state index is 13.2. The molecular formula is C15H17F2N3O. The van der Waals surface area contributed by atoms with E-state index in [4.69, 9.17) is 4.42 Å². The molecule has 0 bridgehead atoms. The molecule has 0 radical (unpaired) electrons. The highest BCUT2D eigenvalue weighted by molar-refractivity contribution is 5.53. The zero-order chi connectivity index (χ0) is 14.8. The minimum Gasteiger partial charge on any atom is -0.444 e. The second-order valence-electron chi connectivity index (χ2n) is 5.30. The van der Waals surface area contributed by atoms with E-state index in [0.717, 1.165) is 37.5 Å². The maximum Gasteiger partial charge on any atom is 0.226 e. The molecule has 1 saturated heterocycles. The number of nitrogens with one attached hydrogen (secondary N) is 1. The summed E-state index contributed by atoms with van der Waals surface area (Å²) in [6, 6.07) is 4.06. The molecule has 0 saturated carbocycles. The van der Waals surface area contributed by atoms with Crippen LogP contribution in [0.25, 0.3) is 11.5 Å². The first kappa shape index (κ1) is 14.2. The van der Waals surface area contributed by atoms with Crippen molar-refractivity contribution >= 4 is 0 Å². The van der Waals surface area contributed by atoms with Crippen LogP contribution in [0.4, 0.5) is 8.78 Å². The number of oxazole rings is 1. The average molecular weight is 293 g/mol. The summed E-state index contributed by atoms with van der Waals surface area (Å²) in [6.07, 6.45) is 1.57. The largest absolute Gasteiger partial charge is 0.444 e. The van der Waals surface area contributed by atoms with Gasteiger partial charge in [0.2, 0.25) is 5.89 Å². The Bertz CT molecular complexity index is 629. The summed E-state index contributed by atoms with van der Waals surface area (Å²) in [6.45, 7) is 5.71. The highest BCUT2D eigenvalue weighted by atomic mass is 19.2. The lowest BCUT2D eigenvalue weighted by Crippen LogP contribution is -2.49. The van der Waals surface area contributed by atoms with Crippen molar-refractivity contribution in [2.45, 2.75) is 19.5 Å². The summed E-state index contributed by atoms with van der Waals surface area (Å²) in [7, 11) is 0. The molecular weight excluding hydrogens is 276 g/mol. The predicted octanol–water partition coefficient (Wildman–Crippen LogP) is 2.41. The van der Waals surface area contributed by atoms with Gasteiger partial charge in [0, 0.05) is 37.8 Å². The first-order valence-corrected chi connectivity index (χ1v) is 6.98. The van der Waals surface area contributed by atoms with Gasteiger partial charge in [-0.2, -0.15) is 0 Å². The number of aromatic nitrogens is 1. The van der Waals surface area contributed by atoms with Crippen molar-refractivity contribution < 1.29 is 13.2 Å². The van der Waals surface area contributed by atoms with Crippen molar-refractivity contribution in [3.63, 3.8) is 0 Å². The van der Waals surface area contributed by atoms with Gasteiger partial charge in [0.15, 0.2) is 11.6 Å². The van der Waals surface area contributed by atoms with Crippen LogP contribution in [0.1, 0.15) is 12.6 Å². The molecule has 1 fully saturated rings. The number of piperazine rings is 1. The Hall–Kier alpha value is -1.79. The van der Waals surface area contributed by atoms with Crippen molar-refractivity contribution in [1.29, 1.82) is 0 Å². The van der Waals surface area contributed by atoms with Crippen molar-refractivity contribution in [2.24, 2.45) is 0 Å². The molecule has 4 nitrogen and oxygen atoms in total. The smallest absolute Gasteiger partial charge is 0.226 e. The van der Waals surface area contributed by atoms with Gasteiger partial charge < -0.3 is 9.73 Å². The van der Waals surface area contributed by atoms with Gasteiger partial charge in [-0.3, -0.25) is 4.90 Å². The van der Waals surface area contributed by atoms with Crippen LogP contribution in [-0.2, 0) is 6.54 Å². The minimum absolute atomic E-state index is 0.312. The van der Waals surface area contributed by atoms with E-state index in [9.17, 15) is 8.78 Å². The summed E-state index contributed by atoms with van der Waals surface area (Å²) in [4.78, 5) is 6.67. The lowest BCUT2D eigenvalue weighted by atomic mass is 10.2. The van der Waals surface area contributed by atoms with E-state index in [0.29, 0.717) is 24.0 Å². The Balaban J connectivity index is 1.75. The molecule has 1 aliphatic rings. The van der Waals surface area contributed by atoms with Crippen LogP contribution >= 0.6 is 0 Å². The standard InChI is InChI=1S/C15H17F2N3O/c1-10-7-18-4-5-20(10)8-12-9-21-15(19-12)11-2-3-13(16)14(17)6-11/h2-3,6,9-10,18H,4-5,7-8H2,1H3/t10-/m1/s1. The Kier molecular flexibility index (Phi) is 3.98. The van der Waals surface area contributed by atoms with E-state index in [1.165, 1.54) is 6.07 Å². The Labute approximate surface area is 121 Å². The van der Waals surface area contributed by atoms with Gasteiger partial charge in [-0.1, -0.05) is 0 Å². The Morgan fingerprint density at radius 1 is 1.38 bits per heavy atom. The van der Waals surface area contributed by atoms with Gasteiger partial charge in [0.25, 0.3) is 0 Å². The highest BCUT2D eigenvalue weighted by Crippen LogP contribution is 2.21. The fourth-order valence-corrected chi connectivity index (χ4v) is 2.47. The second kappa shape index (κ2) is 5.91. The Morgan fingerprint density at radius 2 is 2.24 bits per heavy atom. The highest BCUT2D eigenvalue weighted by Gasteiger charge is 2.19. The first-order chi connectivity index (χ1) is 10.1. The van der Waals surface area contributed by atoms with Crippen LogP contribution < -0.4 is 5.32 Å². The topological polar surface area (TPSA) is 41.3 Å². The third-order valence-corrected chi connectivity index (χ3v) is 3.72. The second-order valence-corrected chi connectivity index (χ2v) is 5.30. The number of nitrogens with zero attached hydrogens (tertiary/aromatic N) is 2. The molecule has 1 aromatic heterocycles. The lowest BCUT2D eigenvalue weighted by Gasteiger charge is -2.33. The van der Waals surface area contributed by atoms with E-state index < -0.39 is 11.6 Å². The normalized spacial score (nSPS) is 19.9. The van der Waals surface area contributed by atoms with Crippen molar-refractivity contribution in [1.82, 2.24) is 15.2 Å². The molecule has 21 heavy (non-hydrogen) atoms. The van der Waals surface area contributed by atoms with Crippen LogP contribution in [0, 0.1) is 11.6 Å². The van der Waals surface area contributed by atoms with Crippen LogP contribution in [0.15, 0.2) is 28.9 Å². The molecule has 1 atom stereocenters. The van der Waals surface area contributed by atoms with Crippen LogP contribution in [0.5, 0.6) is 0 Å². The molecule has 1 N–H and O–H groups in total. The zero-order valence-electron chi connectivity index (χ0n) is 11.8. The SMILES string of the molecule is C[C@@H]1CNCCN1Cc1coc(-c2ccc(F)c(F)c2)n1. The first-order valence-electron chi connectivity index (χ1n) is 6.98. The molecule has 0 aliphatic carbocycles. The molecule has 0 unspecified atom stereocenters. The molecule has 6 heteroatoms. The van der Waals surface area contributed by atoms with E-state index >= 15 is 0 Å². The number of rotatable bonds is 3. The van der Waals surface area contributed by atoms with Crippen molar-refractivity contribution in [3.05, 3.63) is 41.8 Å². The van der Waals surface area contributed by atoms with Gasteiger partial charge in [-0.15, -0.1) is 0 Å². The van der Waals surface area contributed by atoms with Crippen LogP contribution in [0.2, 0.25) is 0 Å². The average Bonchev–Trinajstić information content (AvgIpc) is 2.93. The van der Waals surface area contributed by atoms with Crippen LogP contribution in [-0.4, -0.2) is 35.6 Å². The van der Waals surface area contributed by atoms with Gasteiger partial charge in [-0.05, 0) is 25.1 Å². The monoisotopic (exact) mass is 293 g/mol. The summed E-state index contributed by atoms with van der Waals surface area (Å²) >= 11 is 0. The molecule has 1 aliphatic heterocycles. The fourth-order valence-electron chi connectivity index (χ4n) is 2.47. The van der Waals surface area contributed by atoms with Gasteiger partial charge in [0.05, 0.1) is 5.69 Å². The molecule has 0 amide bonds. The summed E-state index contributed by atoms with van der Waals surface area (Å²) in [5, 5.41) is 3.33. The summed E-state index contributed by atoms with van der Waals surface area (Å²) < 4.78 is 31.5. The third kappa shape index (κ3) is 3.11. The zero-order valence-corrected chi connectivity index (χ0v) is 11.8. The van der Waals surface area contributed by atoms with Crippen molar-refractivity contribution in [3.8, 4) is 11.5 Å². The van der Waals surface area contributed by atoms with E-state index in [1.807, 2.05) is 0 Å². The molecule has 112 valence electrons. The number of hydrogen-bond acceptors (Lipinski definition) is 4. The molecule has 2 aromatic rings. The fraction of sp³-hybridized carbons (Fsp3) is 0.400. The van der Waals surface area contributed by atoms with Gasteiger partial charge in [-0.25, -0.2) is 13.8 Å². The van der Waals surface area contributed by atoms with Crippen LogP contribution in [0.3, 0.4) is 0 Å². The van der Waals surface area contributed by atoms with Gasteiger partial charge in [0.1, 0.15) is 6.26 Å². The minimum atomic E-state index is -0.900. The van der Waals surface area contributed by atoms with E-state index in [2.05, 4.69) is 22.1 Å². The van der Waals surface area contributed by atoms with E-state index in [-0.39, 0.29) is 0 Å². The molecule has 0 spiro atoms. The van der Waals surface area contributed by atoms with Crippen molar-refractivity contribution in [2.75, 3.05) is 19.6 Å². The predicted molar refractivity (Wildman–Crippen MR) is 74.6 cm³/mol.